The number of rotatable bonds is 8. The molecule has 36 heavy (non-hydrogen) atoms. The summed E-state index contributed by atoms with van der Waals surface area (Å²) in [6, 6.07) is 9.90. The van der Waals surface area contributed by atoms with Gasteiger partial charge in [0.2, 0.25) is 0 Å². The molecule has 0 fully saturated rings. The maximum atomic E-state index is 13.0. The van der Waals surface area contributed by atoms with Crippen LogP contribution in [0.5, 0.6) is 23.0 Å². The van der Waals surface area contributed by atoms with Crippen molar-refractivity contribution in [1.29, 1.82) is 0 Å². The molecule has 1 aromatic heterocycles. The first-order valence-electron chi connectivity index (χ1n) is 11.4. The normalized spacial score (nSPS) is 13.8. The van der Waals surface area contributed by atoms with Crippen molar-refractivity contribution in [3.05, 3.63) is 65.6 Å². The molecule has 10 heteroatoms. The van der Waals surface area contributed by atoms with Gasteiger partial charge in [-0.1, -0.05) is 0 Å². The maximum absolute atomic E-state index is 13.0. The lowest BCUT2D eigenvalue weighted by molar-refractivity contribution is 0.0796. The van der Waals surface area contributed by atoms with Crippen LogP contribution in [-0.4, -0.2) is 66.7 Å². The number of anilines is 1. The van der Waals surface area contributed by atoms with Gasteiger partial charge in [0.25, 0.3) is 11.8 Å². The van der Waals surface area contributed by atoms with E-state index in [0.717, 1.165) is 5.69 Å². The summed E-state index contributed by atoms with van der Waals surface area (Å²) in [6.45, 7) is 4.91. The molecule has 4 rings (SSSR count). The molecule has 0 saturated carbocycles. The van der Waals surface area contributed by atoms with Gasteiger partial charge in [-0.15, -0.1) is 0 Å². The van der Waals surface area contributed by atoms with Crippen LogP contribution in [0, 0.1) is 6.92 Å². The van der Waals surface area contributed by atoms with Crippen LogP contribution in [-0.2, 0) is 4.74 Å². The number of likely N-dealkylation sites (N-methyl/N-ethyl adjacent to an activating group) is 1. The van der Waals surface area contributed by atoms with E-state index in [0.29, 0.717) is 59.7 Å². The van der Waals surface area contributed by atoms with Gasteiger partial charge in [-0.05, 0) is 38.1 Å². The first kappa shape index (κ1) is 24.9. The van der Waals surface area contributed by atoms with E-state index in [1.165, 1.54) is 6.20 Å². The molecule has 188 valence electrons. The van der Waals surface area contributed by atoms with Crippen LogP contribution >= 0.6 is 0 Å². The first-order valence-corrected chi connectivity index (χ1v) is 11.4. The van der Waals surface area contributed by atoms with E-state index >= 15 is 0 Å². The fourth-order valence-electron chi connectivity index (χ4n) is 3.57. The number of aryl methyl sites for hydroxylation is 1. The minimum atomic E-state index is -0.401. The number of benzene rings is 2. The topological polar surface area (TPSA) is 112 Å². The monoisotopic (exact) mass is 492 g/mol. The Balaban J connectivity index is 1.61. The van der Waals surface area contributed by atoms with Gasteiger partial charge in [0, 0.05) is 31.9 Å². The lowest BCUT2D eigenvalue weighted by Gasteiger charge is -2.17. The molecule has 0 radical (unpaired) electrons. The van der Waals surface area contributed by atoms with Crippen LogP contribution in [0.15, 0.2) is 48.8 Å². The van der Waals surface area contributed by atoms with Gasteiger partial charge >= 0.3 is 0 Å². The van der Waals surface area contributed by atoms with Crippen molar-refractivity contribution >= 4 is 17.6 Å². The average molecular weight is 493 g/mol. The molecule has 0 saturated heterocycles. The second-order valence-electron chi connectivity index (χ2n) is 8.41. The number of fused-ring (bicyclic) bond motifs is 1. The Morgan fingerprint density at radius 1 is 1.14 bits per heavy atom. The van der Waals surface area contributed by atoms with E-state index in [9.17, 15) is 9.59 Å². The summed E-state index contributed by atoms with van der Waals surface area (Å²) < 4.78 is 22.9. The molecule has 1 N–H and O–H groups in total. The van der Waals surface area contributed by atoms with Crippen LogP contribution in [0.4, 0.5) is 5.82 Å². The predicted molar refractivity (Wildman–Crippen MR) is 132 cm³/mol. The Morgan fingerprint density at radius 3 is 2.69 bits per heavy atom. The summed E-state index contributed by atoms with van der Waals surface area (Å²) in [5, 5.41) is 2.73. The molecular weight excluding hydrogens is 464 g/mol. The van der Waals surface area contributed by atoms with Crippen molar-refractivity contribution < 1.29 is 28.5 Å². The number of methoxy groups -OCH3 is 1. The van der Waals surface area contributed by atoms with E-state index < -0.39 is 5.91 Å². The zero-order valence-electron chi connectivity index (χ0n) is 20.6. The summed E-state index contributed by atoms with van der Waals surface area (Å²) >= 11 is 0. The Morgan fingerprint density at radius 2 is 1.94 bits per heavy atom. The van der Waals surface area contributed by atoms with Crippen molar-refractivity contribution in [1.82, 2.24) is 14.9 Å². The third-order valence-electron chi connectivity index (χ3n) is 5.35. The molecule has 0 unspecified atom stereocenters. The van der Waals surface area contributed by atoms with E-state index in [-0.39, 0.29) is 12.0 Å². The molecule has 0 bridgehead atoms. The smallest absolute Gasteiger partial charge is 0.257 e. The van der Waals surface area contributed by atoms with Gasteiger partial charge in [-0.25, -0.2) is 4.98 Å². The van der Waals surface area contributed by atoms with Crippen molar-refractivity contribution in [3.8, 4) is 23.0 Å². The molecule has 2 amide bonds. The van der Waals surface area contributed by atoms with Gasteiger partial charge in [0.05, 0.1) is 36.8 Å². The van der Waals surface area contributed by atoms with E-state index in [4.69, 9.17) is 18.9 Å². The summed E-state index contributed by atoms with van der Waals surface area (Å²) in [7, 11) is 3.32. The van der Waals surface area contributed by atoms with Crippen molar-refractivity contribution in [3.63, 3.8) is 0 Å². The molecule has 2 aromatic carbocycles. The third kappa shape index (κ3) is 6.08. The van der Waals surface area contributed by atoms with E-state index in [1.807, 2.05) is 13.8 Å². The number of aromatic nitrogens is 2. The minimum absolute atomic E-state index is 0.116. The first-order chi connectivity index (χ1) is 17.3. The van der Waals surface area contributed by atoms with Crippen molar-refractivity contribution in [2.45, 2.75) is 20.0 Å². The lowest BCUT2D eigenvalue weighted by Crippen LogP contribution is -2.27. The quantitative estimate of drug-likeness (QED) is 0.507. The second-order valence-corrected chi connectivity index (χ2v) is 8.41. The largest absolute Gasteiger partial charge is 0.491 e. The average Bonchev–Trinajstić information content (AvgIpc) is 2.98. The number of hydrogen-bond acceptors (Lipinski definition) is 8. The summed E-state index contributed by atoms with van der Waals surface area (Å²) in [6.07, 6.45) is 2.80. The van der Waals surface area contributed by atoms with Gasteiger partial charge in [0.15, 0.2) is 5.82 Å². The molecule has 2 heterocycles. The molecule has 0 spiro atoms. The lowest BCUT2D eigenvalue weighted by atomic mass is 10.1. The summed E-state index contributed by atoms with van der Waals surface area (Å²) in [5.41, 5.74) is 1.51. The van der Waals surface area contributed by atoms with Gasteiger partial charge in [-0.3, -0.25) is 14.6 Å². The highest BCUT2D eigenvalue weighted by Crippen LogP contribution is 2.33. The fourth-order valence-corrected chi connectivity index (χ4v) is 3.57. The third-order valence-corrected chi connectivity index (χ3v) is 5.35. The Hall–Kier alpha value is -4.18. The number of hydrogen-bond donors (Lipinski definition) is 1. The van der Waals surface area contributed by atoms with Gasteiger partial charge in [0.1, 0.15) is 35.7 Å². The standard InChI is InChI=1S/C26H28N4O6/c1-16-13-28-24(14-27-16)29-25(31)18-9-20(35-17(2)15-33-4)11-21(10-18)36-19-5-6-22-23(12-19)34-8-7-30(3)26(22)32/h5-6,9-14,17H,7-8,15H2,1-4H3,(H,28,29,31)/t17-/m0/s1. The van der Waals surface area contributed by atoms with Crippen LogP contribution in [0.25, 0.3) is 0 Å². The highest BCUT2D eigenvalue weighted by atomic mass is 16.5. The van der Waals surface area contributed by atoms with E-state index in [1.54, 1.807) is 61.7 Å². The van der Waals surface area contributed by atoms with Gasteiger partial charge in [-0.2, -0.15) is 0 Å². The highest BCUT2D eigenvalue weighted by Gasteiger charge is 2.22. The second kappa shape index (κ2) is 11.0. The van der Waals surface area contributed by atoms with Crippen LogP contribution in [0.1, 0.15) is 33.3 Å². The maximum Gasteiger partial charge on any atom is 0.257 e. The highest BCUT2D eigenvalue weighted by molar-refractivity contribution is 6.04. The Labute approximate surface area is 209 Å². The minimum Gasteiger partial charge on any atom is -0.491 e. The Bertz CT molecular complexity index is 1250. The van der Waals surface area contributed by atoms with E-state index in [2.05, 4.69) is 15.3 Å². The number of nitrogens with one attached hydrogen (secondary N) is 1. The fraction of sp³-hybridized carbons (Fsp3) is 0.308. The number of ether oxygens (including phenoxy) is 4. The molecule has 1 aliphatic heterocycles. The molecule has 3 aromatic rings. The number of nitrogens with zero attached hydrogens (tertiary/aromatic N) is 3. The SMILES string of the molecule is COC[C@H](C)Oc1cc(Oc2ccc3c(c2)OCCN(C)C3=O)cc(C(=O)Nc2cnc(C)cn2)c1. The predicted octanol–water partition coefficient (Wildman–Crippen LogP) is 3.71. The summed E-state index contributed by atoms with van der Waals surface area (Å²) in [4.78, 5) is 35.4. The molecule has 1 aliphatic rings. The molecule has 1 atom stereocenters. The van der Waals surface area contributed by atoms with Crippen LogP contribution in [0.3, 0.4) is 0 Å². The van der Waals surface area contributed by atoms with Crippen molar-refractivity contribution in [2.75, 3.05) is 39.2 Å². The van der Waals surface area contributed by atoms with Crippen LogP contribution < -0.4 is 19.5 Å². The number of amides is 2. The van der Waals surface area contributed by atoms with Crippen molar-refractivity contribution in [2.24, 2.45) is 0 Å². The number of carbonyl (C=O) groups excluding carboxylic acids is 2. The Kier molecular flexibility index (Phi) is 7.65. The zero-order valence-corrected chi connectivity index (χ0v) is 20.6. The molecule has 10 nitrogen and oxygen atoms in total. The summed E-state index contributed by atoms with van der Waals surface area (Å²) in [5.74, 6) is 1.50. The van der Waals surface area contributed by atoms with Gasteiger partial charge < -0.3 is 29.2 Å². The van der Waals surface area contributed by atoms with Crippen LogP contribution in [0.2, 0.25) is 0 Å². The zero-order chi connectivity index (χ0) is 25.7. The molecular formula is C26H28N4O6. The molecule has 0 aliphatic carbocycles. The number of carbonyl (C=O) groups is 2.